The third-order valence-electron chi connectivity index (χ3n) is 5.56. The number of fused-ring (bicyclic) bond motifs is 1. The fourth-order valence-corrected chi connectivity index (χ4v) is 5.25. The summed E-state index contributed by atoms with van der Waals surface area (Å²) in [6.07, 6.45) is -0.271. The molecule has 1 N–H and O–H groups in total. The molecule has 7 heteroatoms. The van der Waals surface area contributed by atoms with Crippen molar-refractivity contribution >= 4 is 21.6 Å². The Kier molecular flexibility index (Phi) is 6.19. The Hall–Kier alpha value is -3.32. The maximum Gasteiger partial charge on any atom is 0.264 e. The van der Waals surface area contributed by atoms with Crippen LogP contribution >= 0.6 is 0 Å². The summed E-state index contributed by atoms with van der Waals surface area (Å²) in [4.78, 5) is 13.3. The number of amides is 1. The number of sulfonamides is 1. The lowest BCUT2D eigenvalue weighted by Crippen LogP contribution is -2.51. The lowest BCUT2D eigenvalue weighted by Gasteiger charge is -2.35. The second-order valence-corrected chi connectivity index (χ2v) is 9.67. The van der Waals surface area contributed by atoms with Gasteiger partial charge in [-0.3, -0.25) is 9.10 Å². The van der Waals surface area contributed by atoms with Gasteiger partial charge in [-0.25, -0.2) is 8.42 Å². The molecule has 2 atom stereocenters. The number of hydrogen-bond donors (Lipinski definition) is 1. The van der Waals surface area contributed by atoms with Crippen molar-refractivity contribution in [2.24, 2.45) is 0 Å². The van der Waals surface area contributed by atoms with Gasteiger partial charge in [0.1, 0.15) is 5.75 Å². The molecule has 0 radical (unpaired) electrons. The summed E-state index contributed by atoms with van der Waals surface area (Å²) in [5, 5.41) is 3.02. The van der Waals surface area contributed by atoms with Gasteiger partial charge in [-0.05, 0) is 43.2 Å². The molecular formula is C25H26N2O4S. The van der Waals surface area contributed by atoms with Gasteiger partial charge >= 0.3 is 0 Å². The first-order valence-corrected chi connectivity index (χ1v) is 12.0. The highest BCUT2D eigenvalue weighted by atomic mass is 32.2. The summed E-state index contributed by atoms with van der Waals surface area (Å²) >= 11 is 0. The molecule has 0 fully saturated rings. The van der Waals surface area contributed by atoms with Crippen LogP contribution in [0.2, 0.25) is 0 Å². The van der Waals surface area contributed by atoms with E-state index < -0.39 is 16.1 Å². The number of carbonyl (C=O) groups excluding carboxylic acids is 1. The van der Waals surface area contributed by atoms with Crippen LogP contribution in [0, 0.1) is 6.92 Å². The van der Waals surface area contributed by atoms with Crippen molar-refractivity contribution in [1.29, 1.82) is 0 Å². The summed E-state index contributed by atoms with van der Waals surface area (Å²) < 4.78 is 34.1. The fourth-order valence-electron chi connectivity index (χ4n) is 3.77. The lowest BCUT2D eigenvalue weighted by molar-refractivity contribution is -0.128. The van der Waals surface area contributed by atoms with E-state index in [1.54, 1.807) is 48.5 Å². The van der Waals surface area contributed by atoms with Gasteiger partial charge in [-0.1, -0.05) is 67.1 Å². The van der Waals surface area contributed by atoms with E-state index in [0.717, 1.165) is 11.1 Å². The van der Waals surface area contributed by atoms with Gasteiger partial charge in [0.2, 0.25) is 0 Å². The van der Waals surface area contributed by atoms with Gasteiger partial charge in [0.05, 0.1) is 23.2 Å². The van der Waals surface area contributed by atoms with E-state index in [2.05, 4.69) is 5.32 Å². The molecule has 0 spiro atoms. The first kappa shape index (κ1) is 21.9. The van der Waals surface area contributed by atoms with E-state index >= 15 is 0 Å². The van der Waals surface area contributed by atoms with Crippen LogP contribution in [0.1, 0.15) is 30.5 Å². The molecule has 0 bridgehead atoms. The van der Waals surface area contributed by atoms with E-state index in [1.165, 1.54) is 4.31 Å². The summed E-state index contributed by atoms with van der Waals surface area (Å²) in [6.45, 7) is 3.78. The number of anilines is 1. The van der Waals surface area contributed by atoms with Crippen LogP contribution in [0.15, 0.2) is 83.8 Å². The van der Waals surface area contributed by atoms with Gasteiger partial charge in [-0.15, -0.1) is 0 Å². The first-order valence-electron chi connectivity index (χ1n) is 10.6. The Bertz CT molecular complexity index is 1190. The van der Waals surface area contributed by atoms with Crippen LogP contribution in [-0.2, 0) is 14.8 Å². The second kappa shape index (κ2) is 9.04. The van der Waals surface area contributed by atoms with E-state index in [-0.39, 0.29) is 23.4 Å². The van der Waals surface area contributed by atoms with Crippen molar-refractivity contribution in [1.82, 2.24) is 5.32 Å². The maximum absolute atomic E-state index is 13.5. The monoisotopic (exact) mass is 450 g/mol. The molecule has 0 aromatic heterocycles. The summed E-state index contributed by atoms with van der Waals surface area (Å²) in [7, 11) is -3.87. The number of rotatable bonds is 6. The van der Waals surface area contributed by atoms with Crippen LogP contribution in [0.3, 0.4) is 0 Å². The SMILES string of the molecule is CCC(NC(=O)C1CN(S(=O)(=O)c2ccc(C)cc2)c2ccccc2O1)c1ccccc1. The van der Waals surface area contributed by atoms with Crippen molar-refractivity contribution < 1.29 is 17.9 Å². The largest absolute Gasteiger partial charge is 0.476 e. The third kappa shape index (κ3) is 4.34. The molecule has 4 rings (SSSR count). The molecule has 3 aromatic rings. The highest BCUT2D eigenvalue weighted by Gasteiger charge is 2.37. The van der Waals surface area contributed by atoms with Crippen molar-refractivity contribution in [2.45, 2.75) is 37.3 Å². The topological polar surface area (TPSA) is 75.7 Å². The number of para-hydroxylation sites is 2. The van der Waals surface area contributed by atoms with Crippen LogP contribution < -0.4 is 14.4 Å². The number of carbonyl (C=O) groups is 1. The van der Waals surface area contributed by atoms with E-state index in [4.69, 9.17) is 4.74 Å². The average Bonchev–Trinajstić information content (AvgIpc) is 2.82. The number of nitrogens with one attached hydrogen (secondary N) is 1. The van der Waals surface area contributed by atoms with E-state index in [9.17, 15) is 13.2 Å². The minimum Gasteiger partial charge on any atom is -0.476 e. The molecule has 6 nitrogen and oxygen atoms in total. The van der Waals surface area contributed by atoms with Crippen LogP contribution in [0.25, 0.3) is 0 Å². The lowest BCUT2D eigenvalue weighted by atomic mass is 10.0. The van der Waals surface area contributed by atoms with Crippen LogP contribution in [0.5, 0.6) is 5.75 Å². The molecule has 1 heterocycles. The minimum atomic E-state index is -3.87. The molecule has 2 unspecified atom stereocenters. The van der Waals surface area contributed by atoms with Crippen molar-refractivity contribution in [2.75, 3.05) is 10.8 Å². The molecule has 1 amide bonds. The Balaban J connectivity index is 1.63. The molecule has 0 aliphatic carbocycles. The molecule has 1 aliphatic heterocycles. The van der Waals surface area contributed by atoms with Gasteiger partial charge in [0.25, 0.3) is 15.9 Å². The molecule has 32 heavy (non-hydrogen) atoms. The Labute approximate surface area is 188 Å². The maximum atomic E-state index is 13.5. The van der Waals surface area contributed by atoms with Crippen molar-refractivity contribution in [3.63, 3.8) is 0 Å². The zero-order valence-corrected chi connectivity index (χ0v) is 18.9. The van der Waals surface area contributed by atoms with Gasteiger partial charge in [0.15, 0.2) is 6.10 Å². The highest BCUT2D eigenvalue weighted by molar-refractivity contribution is 7.92. The molecular weight excluding hydrogens is 424 g/mol. The van der Waals surface area contributed by atoms with Crippen LogP contribution in [-0.4, -0.2) is 27.0 Å². The molecule has 166 valence electrons. The first-order chi connectivity index (χ1) is 15.4. The predicted molar refractivity (Wildman–Crippen MR) is 124 cm³/mol. The summed E-state index contributed by atoms with van der Waals surface area (Å²) in [5.41, 5.74) is 2.38. The zero-order valence-electron chi connectivity index (χ0n) is 18.1. The normalized spacial score (nSPS) is 16.6. The Morgan fingerprint density at radius 2 is 1.69 bits per heavy atom. The fraction of sp³-hybridized carbons (Fsp3) is 0.240. The quantitative estimate of drug-likeness (QED) is 0.610. The number of hydrogen-bond acceptors (Lipinski definition) is 4. The molecule has 3 aromatic carbocycles. The number of benzene rings is 3. The minimum absolute atomic E-state index is 0.107. The summed E-state index contributed by atoms with van der Waals surface area (Å²) in [5.74, 6) is 0.0154. The Morgan fingerprint density at radius 3 is 2.38 bits per heavy atom. The standard InChI is InChI=1S/C25H26N2O4S/c1-3-21(19-9-5-4-6-10-19)26-25(28)24-17-27(22-11-7-8-12-23(22)31-24)32(29,30)20-15-13-18(2)14-16-20/h4-16,21,24H,3,17H2,1-2H3,(H,26,28). The van der Waals surface area contributed by atoms with Gasteiger partial charge < -0.3 is 10.1 Å². The van der Waals surface area contributed by atoms with E-state index in [0.29, 0.717) is 17.9 Å². The highest BCUT2D eigenvalue weighted by Crippen LogP contribution is 2.37. The zero-order chi connectivity index (χ0) is 22.7. The molecule has 0 saturated heterocycles. The smallest absolute Gasteiger partial charge is 0.264 e. The van der Waals surface area contributed by atoms with E-state index in [1.807, 2.05) is 44.2 Å². The second-order valence-electron chi connectivity index (χ2n) is 7.80. The molecule has 0 saturated carbocycles. The van der Waals surface area contributed by atoms with Crippen molar-refractivity contribution in [3.8, 4) is 5.75 Å². The third-order valence-corrected chi connectivity index (χ3v) is 7.36. The van der Waals surface area contributed by atoms with Crippen LogP contribution in [0.4, 0.5) is 5.69 Å². The predicted octanol–water partition coefficient (Wildman–Crippen LogP) is 4.22. The average molecular weight is 451 g/mol. The molecule has 1 aliphatic rings. The van der Waals surface area contributed by atoms with Gasteiger partial charge in [-0.2, -0.15) is 0 Å². The van der Waals surface area contributed by atoms with Gasteiger partial charge in [0, 0.05) is 0 Å². The number of aryl methyl sites for hydroxylation is 1. The number of ether oxygens (including phenoxy) is 1. The van der Waals surface area contributed by atoms with Crippen molar-refractivity contribution in [3.05, 3.63) is 90.0 Å². The Morgan fingerprint density at radius 1 is 1.03 bits per heavy atom. The number of nitrogens with zero attached hydrogens (tertiary/aromatic N) is 1. The summed E-state index contributed by atoms with van der Waals surface area (Å²) in [6, 6.07) is 23.1.